The molecule has 0 atom stereocenters. The standard InChI is InChI=1S/C10H13N3O2/c1-10(4-2-5-10)12-8-7(9(14)15)3-6-11-13-8/h3,6H,2,4-5H2,1H3,(H,12,13)(H,14,15). The first-order valence-corrected chi connectivity index (χ1v) is 4.94. The smallest absolute Gasteiger partial charge is 0.339 e. The molecule has 1 aliphatic carbocycles. The second-order valence-electron chi connectivity index (χ2n) is 4.14. The monoisotopic (exact) mass is 207 g/mol. The molecule has 5 nitrogen and oxygen atoms in total. The van der Waals surface area contributed by atoms with E-state index >= 15 is 0 Å². The average molecular weight is 207 g/mol. The molecule has 0 amide bonds. The molecule has 1 aromatic heterocycles. The zero-order chi connectivity index (χ0) is 10.9. The summed E-state index contributed by atoms with van der Waals surface area (Å²) in [6.45, 7) is 2.07. The number of aromatic carboxylic acids is 1. The molecule has 0 unspecified atom stereocenters. The van der Waals surface area contributed by atoms with Crippen LogP contribution in [-0.2, 0) is 0 Å². The van der Waals surface area contributed by atoms with E-state index in [1.54, 1.807) is 0 Å². The molecule has 1 fully saturated rings. The van der Waals surface area contributed by atoms with Crippen molar-refractivity contribution in [1.29, 1.82) is 0 Å². The molecule has 0 saturated heterocycles. The Hall–Kier alpha value is -1.65. The number of anilines is 1. The van der Waals surface area contributed by atoms with Gasteiger partial charge in [0.05, 0.1) is 6.20 Å². The van der Waals surface area contributed by atoms with Crippen LogP contribution in [0.2, 0.25) is 0 Å². The van der Waals surface area contributed by atoms with Crippen LogP contribution < -0.4 is 5.32 Å². The highest BCUT2D eigenvalue weighted by Crippen LogP contribution is 2.34. The first-order valence-electron chi connectivity index (χ1n) is 4.94. The van der Waals surface area contributed by atoms with Crippen molar-refractivity contribution < 1.29 is 9.90 Å². The van der Waals surface area contributed by atoms with Gasteiger partial charge in [0.2, 0.25) is 0 Å². The van der Waals surface area contributed by atoms with Gasteiger partial charge in [0, 0.05) is 5.54 Å². The van der Waals surface area contributed by atoms with Crippen LogP contribution in [0.25, 0.3) is 0 Å². The largest absolute Gasteiger partial charge is 0.478 e. The quantitative estimate of drug-likeness (QED) is 0.786. The fourth-order valence-corrected chi connectivity index (χ4v) is 1.71. The van der Waals surface area contributed by atoms with Crippen molar-refractivity contribution in [3.8, 4) is 0 Å². The second kappa shape index (κ2) is 3.49. The number of nitrogens with zero attached hydrogens (tertiary/aromatic N) is 2. The molecular weight excluding hydrogens is 194 g/mol. The van der Waals surface area contributed by atoms with E-state index in [2.05, 4.69) is 22.4 Å². The van der Waals surface area contributed by atoms with Gasteiger partial charge in [0.1, 0.15) is 5.56 Å². The van der Waals surface area contributed by atoms with Gasteiger partial charge in [-0.15, -0.1) is 5.10 Å². The predicted molar refractivity (Wildman–Crippen MR) is 54.9 cm³/mol. The lowest BCUT2D eigenvalue weighted by atomic mass is 9.78. The molecule has 2 N–H and O–H groups in total. The van der Waals surface area contributed by atoms with Crippen molar-refractivity contribution in [3.05, 3.63) is 17.8 Å². The number of carboxylic acids is 1. The highest BCUT2D eigenvalue weighted by Gasteiger charge is 2.33. The van der Waals surface area contributed by atoms with Gasteiger partial charge in [-0.05, 0) is 32.3 Å². The Balaban J connectivity index is 2.23. The molecule has 1 heterocycles. The van der Waals surface area contributed by atoms with Crippen LogP contribution in [0.4, 0.5) is 5.82 Å². The minimum Gasteiger partial charge on any atom is -0.478 e. The maximum atomic E-state index is 10.9. The fraction of sp³-hybridized carbons (Fsp3) is 0.500. The number of aromatic nitrogens is 2. The van der Waals surface area contributed by atoms with Crippen LogP contribution >= 0.6 is 0 Å². The predicted octanol–water partition coefficient (Wildman–Crippen LogP) is 1.53. The fourth-order valence-electron chi connectivity index (χ4n) is 1.71. The molecule has 0 spiro atoms. The number of hydrogen-bond acceptors (Lipinski definition) is 4. The Morgan fingerprint density at radius 2 is 2.33 bits per heavy atom. The van der Waals surface area contributed by atoms with Crippen molar-refractivity contribution in [1.82, 2.24) is 10.2 Å². The van der Waals surface area contributed by atoms with Crippen molar-refractivity contribution in [3.63, 3.8) is 0 Å². The molecule has 1 aromatic rings. The Bertz CT molecular complexity index is 388. The highest BCUT2D eigenvalue weighted by molar-refractivity contribution is 5.92. The van der Waals surface area contributed by atoms with E-state index < -0.39 is 5.97 Å². The van der Waals surface area contributed by atoms with Gasteiger partial charge in [0.25, 0.3) is 0 Å². The summed E-state index contributed by atoms with van der Waals surface area (Å²) < 4.78 is 0. The third-order valence-corrected chi connectivity index (χ3v) is 2.83. The number of hydrogen-bond donors (Lipinski definition) is 2. The summed E-state index contributed by atoms with van der Waals surface area (Å²) in [4.78, 5) is 10.9. The van der Waals surface area contributed by atoms with Crippen LogP contribution in [-0.4, -0.2) is 26.8 Å². The zero-order valence-electron chi connectivity index (χ0n) is 8.53. The summed E-state index contributed by atoms with van der Waals surface area (Å²) in [5.41, 5.74) is 0.165. The lowest BCUT2D eigenvalue weighted by Crippen LogP contribution is -2.42. The minimum atomic E-state index is -0.977. The summed E-state index contributed by atoms with van der Waals surface area (Å²) >= 11 is 0. The third-order valence-electron chi connectivity index (χ3n) is 2.83. The normalized spacial score (nSPS) is 17.9. The van der Waals surface area contributed by atoms with Gasteiger partial charge in [-0.25, -0.2) is 4.79 Å². The maximum absolute atomic E-state index is 10.9. The molecule has 2 rings (SSSR count). The van der Waals surface area contributed by atoms with E-state index in [-0.39, 0.29) is 11.1 Å². The number of nitrogens with one attached hydrogen (secondary N) is 1. The SMILES string of the molecule is CC1(Nc2nnccc2C(=O)O)CCC1. The molecule has 0 aromatic carbocycles. The van der Waals surface area contributed by atoms with Crippen molar-refractivity contribution in [2.45, 2.75) is 31.7 Å². The van der Waals surface area contributed by atoms with E-state index in [1.807, 2.05) is 0 Å². The van der Waals surface area contributed by atoms with Gasteiger partial charge in [0.15, 0.2) is 5.82 Å². The van der Waals surface area contributed by atoms with Gasteiger partial charge in [-0.3, -0.25) is 0 Å². The lowest BCUT2D eigenvalue weighted by molar-refractivity contribution is 0.0697. The second-order valence-corrected chi connectivity index (χ2v) is 4.14. The molecule has 5 heteroatoms. The van der Waals surface area contributed by atoms with Crippen LogP contribution in [0.3, 0.4) is 0 Å². The van der Waals surface area contributed by atoms with E-state index in [0.29, 0.717) is 5.82 Å². The van der Waals surface area contributed by atoms with Crippen molar-refractivity contribution in [2.75, 3.05) is 5.32 Å². The Morgan fingerprint density at radius 1 is 1.60 bits per heavy atom. The summed E-state index contributed by atoms with van der Waals surface area (Å²) in [7, 11) is 0. The number of rotatable bonds is 3. The van der Waals surface area contributed by atoms with Crippen LogP contribution in [0, 0.1) is 0 Å². The first kappa shape index (κ1) is 9.89. The van der Waals surface area contributed by atoms with Gasteiger partial charge in [-0.2, -0.15) is 5.10 Å². The Morgan fingerprint density at radius 3 is 2.87 bits per heavy atom. The van der Waals surface area contributed by atoms with Gasteiger partial charge < -0.3 is 10.4 Å². The third kappa shape index (κ3) is 1.91. The summed E-state index contributed by atoms with van der Waals surface area (Å²) in [6.07, 6.45) is 4.65. The van der Waals surface area contributed by atoms with E-state index in [1.165, 1.54) is 18.7 Å². The molecule has 0 aliphatic heterocycles. The van der Waals surface area contributed by atoms with E-state index in [0.717, 1.165) is 12.8 Å². The molecule has 0 bridgehead atoms. The molecule has 1 saturated carbocycles. The van der Waals surface area contributed by atoms with Crippen LogP contribution in [0.1, 0.15) is 36.5 Å². The lowest BCUT2D eigenvalue weighted by Gasteiger charge is -2.39. The topological polar surface area (TPSA) is 75.1 Å². The molecule has 0 radical (unpaired) electrons. The van der Waals surface area contributed by atoms with Gasteiger partial charge >= 0.3 is 5.97 Å². The zero-order valence-corrected chi connectivity index (χ0v) is 8.53. The average Bonchev–Trinajstić information content (AvgIpc) is 2.16. The molecule has 1 aliphatic rings. The first-order chi connectivity index (χ1) is 7.11. The Kier molecular flexibility index (Phi) is 2.30. The van der Waals surface area contributed by atoms with Crippen molar-refractivity contribution >= 4 is 11.8 Å². The summed E-state index contributed by atoms with van der Waals surface area (Å²) in [5.74, 6) is -0.609. The molecular formula is C10H13N3O2. The Labute approximate surface area is 87.5 Å². The molecule has 15 heavy (non-hydrogen) atoms. The summed E-state index contributed by atoms with van der Waals surface area (Å²) in [5, 5.41) is 19.6. The van der Waals surface area contributed by atoms with E-state index in [4.69, 9.17) is 5.11 Å². The molecule has 80 valence electrons. The highest BCUT2D eigenvalue weighted by atomic mass is 16.4. The maximum Gasteiger partial charge on any atom is 0.339 e. The van der Waals surface area contributed by atoms with Gasteiger partial charge in [-0.1, -0.05) is 0 Å². The minimum absolute atomic E-state index is 0.0137. The number of carbonyl (C=O) groups is 1. The van der Waals surface area contributed by atoms with E-state index in [9.17, 15) is 4.79 Å². The number of carboxylic acid groups (broad SMARTS) is 1. The summed E-state index contributed by atoms with van der Waals surface area (Å²) in [6, 6.07) is 1.46. The van der Waals surface area contributed by atoms with Crippen LogP contribution in [0.15, 0.2) is 12.3 Å². The van der Waals surface area contributed by atoms with Crippen LogP contribution in [0.5, 0.6) is 0 Å². The van der Waals surface area contributed by atoms with Crippen molar-refractivity contribution in [2.24, 2.45) is 0 Å².